The molecule has 0 bridgehead atoms. The first-order chi connectivity index (χ1) is 15.8. The molecule has 0 aliphatic rings. The second-order valence-corrected chi connectivity index (χ2v) is 8.18. The van der Waals surface area contributed by atoms with Gasteiger partial charge in [0.1, 0.15) is 24.0 Å². The van der Waals surface area contributed by atoms with Crippen molar-refractivity contribution < 1.29 is 9.13 Å². The molecule has 0 aliphatic heterocycles. The van der Waals surface area contributed by atoms with Gasteiger partial charge in [0.05, 0.1) is 22.6 Å². The first kappa shape index (κ1) is 22.3. The molecule has 4 rings (SSSR count). The number of benzene rings is 1. The average Bonchev–Trinajstić information content (AvgIpc) is 2.82. The van der Waals surface area contributed by atoms with Crippen molar-refractivity contribution in [3.05, 3.63) is 99.7 Å². The van der Waals surface area contributed by atoms with E-state index in [-0.39, 0.29) is 23.9 Å². The summed E-state index contributed by atoms with van der Waals surface area (Å²) >= 11 is 0. The van der Waals surface area contributed by atoms with Gasteiger partial charge in [-0.3, -0.25) is 14.3 Å². The van der Waals surface area contributed by atoms with Gasteiger partial charge in [0.15, 0.2) is 0 Å². The Bertz CT molecular complexity index is 1350. The van der Waals surface area contributed by atoms with Gasteiger partial charge in [0.2, 0.25) is 0 Å². The first-order valence-electron chi connectivity index (χ1n) is 10.7. The predicted octanol–water partition coefficient (Wildman–Crippen LogP) is 5.15. The first-order valence-corrected chi connectivity index (χ1v) is 10.7. The van der Waals surface area contributed by atoms with Gasteiger partial charge < -0.3 is 4.74 Å². The van der Waals surface area contributed by atoms with Crippen LogP contribution < -0.4 is 10.3 Å². The molecule has 4 aromatic rings. The maximum absolute atomic E-state index is 13.2. The summed E-state index contributed by atoms with van der Waals surface area (Å²) in [7, 11) is 0. The van der Waals surface area contributed by atoms with Crippen LogP contribution in [-0.4, -0.2) is 19.5 Å². The third-order valence-corrected chi connectivity index (χ3v) is 5.35. The Balaban J connectivity index is 1.66. The second-order valence-electron chi connectivity index (χ2n) is 8.18. The number of aryl methyl sites for hydroxylation is 1. The summed E-state index contributed by atoms with van der Waals surface area (Å²) in [5.74, 6) is 1.15. The van der Waals surface area contributed by atoms with E-state index in [1.165, 1.54) is 12.1 Å². The third-order valence-electron chi connectivity index (χ3n) is 5.35. The summed E-state index contributed by atoms with van der Waals surface area (Å²) in [4.78, 5) is 26.6. The van der Waals surface area contributed by atoms with Crippen molar-refractivity contribution in [3.8, 4) is 22.8 Å². The number of pyridine rings is 2. The number of rotatable bonds is 6. The molecule has 0 unspecified atom stereocenters. The lowest BCUT2D eigenvalue weighted by Gasteiger charge is -2.16. The van der Waals surface area contributed by atoms with E-state index < -0.39 is 0 Å². The standard InChI is InChI=1S/C26H25FN4O2/c1-16(2)25-29-12-10-22(30-25)23-14-21(9-11-28-23)31-17(3)13-24(18(4)26(31)32)33-15-19-5-7-20(27)8-6-19/h5-14,16H,15H2,1-4H3. The fourth-order valence-electron chi connectivity index (χ4n) is 3.50. The number of ether oxygens (including phenoxy) is 1. The molecule has 1 aromatic carbocycles. The monoisotopic (exact) mass is 444 g/mol. The van der Waals surface area contributed by atoms with Crippen molar-refractivity contribution >= 4 is 0 Å². The summed E-state index contributed by atoms with van der Waals surface area (Å²) in [6, 6.07) is 13.4. The summed E-state index contributed by atoms with van der Waals surface area (Å²) < 4.78 is 20.6. The molecule has 0 fully saturated rings. The summed E-state index contributed by atoms with van der Waals surface area (Å²) in [5, 5.41) is 0. The van der Waals surface area contributed by atoms with Crippen molar-refractivity contribution in [2.24, 2.45) is 0 Å². The van der Waals surface area contributed by atoms with Gasteiger partial charge in [-0.1, -0.05) is 26.0 Å². The molecule has 3 aromatic heterocycles. The van der Waals surface area contributed by atoms with Crippen molar-refractivity contribution in [2.75, 3.05) is 0 Å². The molecule has 0 aliphatic carbocycles. The Morgan fingerprint density at radius 3 is 2.42 bits per heavy atom. The normalized spacial score (nSPS) is 11.1. The van der Waals surface area contributed by atoms with E-state index in [0.29, 0.717) is 28.4 Å². The van der Waals surface area contributed by atoms with Crippen LogP contribution in [0.2, 0.25) is 0 Å². The topological polar surface area (TPSA) is 69.9 Å². The van der Waals surface area contributed by atoms with Crippen molar-refractivity contribution in [2.45, 2.75) is 40.2 Å². The molecular weight excluding hydrogens is 419 g/mol. The molecule has 0 saturated heterocycles. The summed E-state index contributed by atoms with van der Waals surface area (Å²) in [6.07, 6.45) is 3.39. The zero-order chi connectivity index (χ0) is 23.5. The lowest BCUT2D eigenvalue weighted by atomic mass is 10.1. The van der Waals surface area contributed by atoms with E-state index in [9.17, 15) is 9.18 Å². The maximum Gasteiger partial charge on any atom is 0.261 e. The van der Waals surface area contributed by atoms with E-state index >= 15 is 0 Å². The van der Waals surface area contributed by atoms with Gasteiger partial charge in [-0.15, -0.1) is 0 Å². The Hall–Kier alpha value is -3.87. The molecule has 0 saturated carbocycles. The van der Waals surface area contributed by atoms with Crippen LogP contribution in [0.25, 0.3) is 17.1 Å². The maximum atomic E-state index is 13.2. The van der Waals surface area contributed by atoms with Crippen molar-refractivity contribution in [1.29, 1.82) is 0 Å². The van der Waals surface area contributed by atoms with Gasteiger partial charge in [-0.25, -0.2) is 14.4 Å². The Morgan fingerprint density at radius 1 is 0.970 bits per heavy atom. The zero-order valence-corrected chi connectivity index (χ0v) is 19.0. The molecule has 33 heavy (non-hydrogen) atoms. The van der Waals surface area contributed by atoms with Crippen LogP contribution in [0.1, 0.15) is 42.4 Å². The largest absolute Gasteiger partial charge is 0.488 e. The molecule has 0 amide bonds. The van der Waals surface area contributed by atoms with Gasteiger partial charge in [-0.05, 0) is 49.7 Å². The number of hydrogen-bond acceptors (Lipinski definition) is 5. The quantitative estimate of drug-likeness (QED) is 0.411. The van der Waals surface area contributed by atoms with Crippen molar-refractivity contribution in [3.63, 3.8) is 0 Å². The van der Waals surface area contributed by atoms with Crippen LogP contribution >= 0.6 is 0 Å². The highest BCUT2D eigenvalue weighted by atomic mass is 19.1. The highest BCUT2D eigenvalue weighted by Crippen LogP contribution is 2.23. The van der Waals surface area contributed by atoms with E-state index in [0.717, 1.165) is 17.1 Å². The predicted molar refractivity (Wildman–Crippen MR) is 125 cm³/mol. The Labute approximate surface area is 191 Å². The van der Waals surface area contributed by atoms with Crippen LogP contribution in [0.15, 0.2) is 65.7 Å². The fourth-order valence-corrected chi connectivity index (χ4v) is 3.50. The lowest BCUT2D eigenvalue weighted by molar-refractivity contribution is 0.302. The van der Waals surface area contributed by atoms with Crippen LogP contribution in [0.5, 0.6) is 5.75 Å². The average molecular weight is 445 g/mol. The molecule has 168 valence electrons. The van der Waals surface area contributed by atoms with Crippen LogP contribution in [0, 0.1) is 19.7 Å². The minimum Gasteiger partial charge on any atom is -0.488 e. The van der Waals surface area contributed by atoms with Gasteiger partial charge in [-0.2, -0.15) is 0 Å². The minimum absolute atomic E-state index is 0.174. The highest BCUT2D eigenvalue weighted by Gasteiger charge is 2.14. The number of aromatic nitrogens is 4. The Morgan fingerprint density at radius 2 is 1.70 bits per heavy atom. The van der Waals surface area contributed by atoms with E-state index in [2.05, 4.69) is 15.0 Å². The molecule has 3 heterocycles. The summed E-state index contributed by atoms with van der Waals surface area (Å²) in [5.41, 5.74) is 3.93. The highest BCUT2D eigenvalue weighted by molar-refractivity contribution is 5.57. The second kappa shape index (κ2) is 9.32. The van der Waals surface area contributed by atoms with Gasteiger partial charge in [0, 0.05) is 30.1 Å². The molecule has 0 atom stereocenters. The number of nitrogens with zero attached hydrogens (tertiary/aromatic N) is 4. The lowest BCUT2D eigenvalue weighted by Crippen LogP contribution is -2.23. The molecule has 0 N–H and O–H groups in total. The van der Waals surface area contributed by atoms with Crippen molar-refractivity contribution in [1.82, 2.24) is 19.5 Å². The molecule has 0 spiro atoms. The van der Waals surface area contributed by atoms with E-state index in [1.54, 1.807) is 42.1 Å². The van der Waals surface area contributed by atoms with E-state index in [4.69, 9.17) is 4.74 Å². The smallest absolute Gasteiger partial charge is 0.261 e. The number of halogens is 1. The number of hydrogen-bond donors (Lipinski definition) is 0. The minimum atomic E-state index is -0.299. The third kappa shape index (κ3) is 4.82. The SMILES string of the molecule is Cc1c(OCc2ccc(F)cc2)cc(C)n(-c2ccnc(-c3ccnc(C(C)C)n3)c2)c1=O. The van der Waals surface area contributed by atoms with Gasteiger partial charge >= 0.3 is 0 Å². The van der Waals surface area contributed by atoms with Crippen LogP contribution in [-0.2, 0) is 6.61 Å². The molecule has 7 heteroatoms. The van der Waals surface area contributed by atoms with E-state index in [1.807, 2.05) is 39.0 Å². The molecular formula is C26H25FN4O2. The zero-order valence-electron chi connectivity index (χ0n) is 19.0. The fraction of sp³-hybridized carbons (Fsp3) is 0.231. The summed E-state index contributed by atoms with van der Waals surface area (Å²) in [6.45, 7) is 7.91. The van der Waals surface area contributed by atoms with Crippen LogP contribution in [0.4, 0.5) is 4.39 Å². The molecule has 6 nitrogen and oxygen atoms in total. The Kier molecular flexibility index (Phi) is 6.31. The van der Waals surface area contributed by atoms with Gasteiger partial charge in [0.25, 0.3) is 5.56 Å². The van der Waals surface area contributed by atoms with Crippen LogP contribution in [0.3, 0.4) is 0 Å². The molecule has 0 radical (unpaired) electrons.